The fraction of sp³-hybridized carbons (Fsp3) is 0.312. The van der Waals surface area contributed by atoms with E-state index in [9.17, 15) is 4.79 Å². The minimum atomic E-state index is -0.211. The van der Waals surface area contributed by atoms with Gasteiger partial charge in [-0.05, 0) is 30.7 Å². The molecule has 0 saturated heterocycles. The summed E-state index contributed by atoms with van der Waals surface area (Å²) in [5, 5.41) is 2.82. The van der Waals surface area contributed by atoms with Crippen LogP contribution in [0.2, 0.25) is 0 Å². The molecule has 0 aliphatic carbocycles. The SMILES string of the molecule is CCOc1cc(CNC(=O)c2coc(CN)c2)ccc1OC. The third-order valence-corrected chi connectivity index (χ3v) is 3.10. The molecule has 1 amide bonds. The monoisotopic (exact) mass is 304 g/mol. The van der Waals surface area contributed by atoms with Crippen molar-refractivity contribution in [2.75, 3.05) is 13.7 Å². The van der Waals surface area contributed by atoms with Crippen molar-refractivity contribution in [3.63, 3.8) is 0 Å². The van der Waals surface area contributed by atoms with Gasteiger partial charge in [0.25, 0.3) is 5.91 Å². The summed E-state index contributed by atoms with van der Waals surface area (Å²) in [5.41, 5.74) is 6.82. The molecule has 0 spiro atoms. The molecule has 22 heavy (non-hydrogen) atoms. The second kappa shape index (κ2) is 7.51. The Morgan fingerprint density at radius 2 is 2.14 bits per heavy atom. The van der Waals surface area contributed by atoms with E-state index >= 15 is 0 Å². The van der Waals surface area contributed by atoms with Crippen LogP contribution < -0.4 is 20.5 Å². The summed E-state index contributed by atoms with van der Waals surface area (Å²) >= 11 is 0. The van der Waals surface area contributed by atoms with Crippen molar-refractivity contribution in [1.82, 2.24) is 5.32 Å². The maximum absolute atomic E-state index is 12.0. The number of hydrogen-bond donors (Lipinski definition) is 2. The summed E-state index contributed by atoms with van der Waals surface area (Å²) in [4.78, 5) is 12.0. The number of amides is 1. The smallest absolute Gasteiger partial charge is 0.254 e. The van der Waals surface area contributed by atoms with E-state index < -0.39 is 0 Å². The van der Waals surface area contributed by atoms with Crippen LogP contribution in [0, 0.1) is 0 Å². The molecule has 0 aliphatic rings. The molecule has 0 radical (unpaired) electrons. The predicted molar refractivity (Wildman–Crippen MR) is 81.9 cm³/mol. The van der Waals surface area contributed by atoms with E-state index in [0.29, 0.717) is 36.0 Å². The Bertz CT molecular complexity index is 637. The molecule has 1 heterocycles. The minimum Gasteiger partial charge on any atom is -0.493 e. The minimum absolute atomic E-state index is 0.211. The van der Waals surface area contributed by atoms with Crippen molar-refractivity contribution in [2.24, 2.45) is 5.73 Å². The molecule has 0 fully saturated rings. The first-order valence-corrected chi connectivity index (χ1v) is 7.03. The Morgan fingerprint density at radius 1 is 1.32 bits per heavy atom. The lowest BCUT2D eigenvalue weighted by atomic mass is 10.2. The maximum atomic E-state index is 12.0. The largest absolute Gasteiger partial charge is 0.493 e. The highest BCUT2D eigenvalue weighted by Gasteiger charge is 2.10. The molecule has 118 valence electrons. The summed E-state index contributed by atoms with van der Waals surface area (Å²) in [6, 6.07) is 7.18. The molecule has 1 aromatic carbocycles. The quantitative estimate of drug-likeness (QED) is 0.818. The van der Waals surface area contributed by atoms with E-state index in [4.69, 9.17) is 19.6 Å². The molecule has 0 bridgehead atoms. The highest BCUT2D eigenvalue weighted by Crippen LogP contribution is 2.28. The number of hydrogen-bond acceptors (Lipinski definition) is 5. The Morgan fingerprint density at radius 3 is 2.77 bits per heavy atom. The molecule has 6 nitrogen and oxygen atoms in total. The molecular weight excluding hydrogens is 284 g/mol. The maximum Gasteiger partial charge on any atom is 0.254 e. The number of carbonyl (C=O) groups is 1. The standard InChI is InChI=1S/C16H20N2O4/c1-3-21-15-6-11(4-5-14(15)20-2)9-18-16(19)12-7-13(8-17)22-10-12/h4-7,10H,3,8-9,17H2,1-2H3,(H,18,19). The van der Waals surface area contributed by atoms with Gasteiger partial charge in [0.15, 0.2) is 11.5 Å². The van der Waals surface area contributed by atoms with Gasteiger partial charge >= 0.3 is 0 Å². The summed E-state index contributed by atoms with van der Waals surface area (Å²) in [5.74, 6) is 1.69. The fourth-order valence-corrected chi connectivity index (χ4v) is 1.99. The van der Waals surface area contributed by atoms with Crippen molar-refractivity contribution in [2.45, 2.75) is 20.0 Å². The van der Waals surface area contributed by atoms with Gasteiger partial charge in [-0.3, -0.25) is 4.79 Å². The van der Waals surface area contributed by atoms with Gasteiger partial charge in [0.05, 0.1) is 25.8 Å². The van der Waals surface area contributed by atoms with Gasteiger partial charge in [0.1, 0.15) is 12.0 Å². The van der Waals surface area contributed by atoms with Crippen molar-refractivity contribution >= 4 is 5.91 Å². The molecule has 2 rings (SSSR count). The van der Waals surface area contributed by atoms with Crippen LogP contribution in [0.5, 0.6) is 11.5 Å². The van der Waals surface area contributed by atoms with Crippen LogP contribution in [-0.2, 0) is 13.1 Å². The van der Waals surface area contributed by atoms with Crippen LogP contribution >= 0.6 is 0 Å². The molecular formula is C16H20N2O4. The van der Waals surface area contributed by atoms with Crippen LogP contribution in [0.1, 0.15) is 28.6 Å². The van der Waals surface area contributed by atoms with Crippen molar-refractivity contribution < 1.29 is 18.7 Å². The van der Waals surface area contributed by atoms with Crippen LogP contribution in [0.3, 0.4) is 0 Å². The summed E-state index contributed by atoms with van der Waals surface area (Å²) in [7, 11) is 1.59. The number of methoxy groups -OCH3 is 1. The Kier molecular flexibility index (Phi) is 5.43. The molecule has 6 heteroatoms. The van der Waals surface area contributed by atoms with E-state index in [2.05, 4.69) is 5.32 Å². The van der Waals surface area contributed by atoms with Gasteiger partial charge in [-0.25, -0.2) is 0 Å². The van der Waals surface area contributed by atoms with Crippen molar-refractivity contribution in [3.05, 3.63) is 47.4 Å². The van der Waals surface area contributed by atoms with Gasteiger partial charge < -0.3 is 24.9 Å². The second-order valence-electron chi connectivity index (χ2n) is 4.61. The first kappa shape index (κ1) is 15.9. The molecule has 2 aromatic rings. The molecule has 0 saturated carbocycles. The van der Waals surface area contributed by atoms with E-state index in [1.807, 2.05) is 25.1 Å². The van der Waals surface area contributed by atoms with Crippen LogP contribution in [0.4, 0.5) is 0 Å². The van der Waals surface area contributed by atoms with Gasteiger partial charge in [-0.15, -0.1) is 0 Å². The highest BCUT2D eigenvalue weighted by molar-refractivity contribution is 5.93. The number of nitrogens with two attached hydrogens (primary N) is 1. The lowest BCUT2D eigenvalue weighted by molar-refractivity contribution is 0.0950. The Balaban J connectivity index is 2.01. The van der Waals surface area contributed by atoms with Crippen molar-refractivity contribution in [1.29, 1.82) is 0 Å². The average molecular weight is 304 g/mol. The lowest BCUT2D eigenvalue weighted by Crippen LogP contribution is -2.22. The first-order valence-electron chi connectivity index (χ1n) is 7.03. The average Bonchev–Trinajstić information content (AvgIpc) is 3.02. The number of benzene rings is 1. The zero-order chi connectivity index (χ0) is 15.9. The number of furan rings is 1. The third kappa shape index (κ3) is 3.79. The number of carbonyl (C=O) groups excluding carboxylic acids is 1. The summed E-state index contributed by atoms with van der Waals surface area (Å²) in [6.07, 6.45) is 1.40. The number of nitrogens with one attached hydrogen (secondary N) is 1. The van der Waals surface area contributed by atoms with E-state index in [-0.39, 0.29) is 12.5 Å². The van der Waals surface area contributed by atoms with Gasteiger partial charge in [0.2, 0.25) is 0 Å². The number of rotatable bonds is 7. The van der Waals surface area contributed by atoms with Crippen LogP contribution in [-0.4, -0.2) is 19.6 Å². The molecule has 1 aromatic heterocycles. The summed E-state index contributed by atoms with van der Waals surface area (Å²) in [6.45, 7) is 3.10. The topological polar surface area (TPSA) is 86.7 Å². The molecule has 0 atom stereocenters. The summed E-state index contributed by atoms with van der Waals surface area (Å²) < 4.78 is 15.9. The van der Waals surface area contributed by atoms with E-state index in [0.717, 1.165) is 5.56 Å². The zero-order valence-corrected chi connectivity index (χ0v) is 12.7. The lowest BCUT2D eigenvalue weighted by Gasteiger charge is -2.11. The Hall–Kier alpha value is -2.47. The van der Waals surface area contributed by atoms with Crippen LogP contribution in [0.25, 0.3) is 0 Å². The van der Waals surface area contributed by atoms with Gasteiger partial charge in [0, 0.05) is 6.54 Å². The first-order chi connectivity index (χ1) is 10.7. The third-order valence-electron chi connectivity index (χ3n) is 3.10. The number of ether oxygens (including phenoxy) is 2. The Labute approximate surface area is 129 Å². The van der Waals surface area contributed by atoms with Crippen molar-refractivity contribution in [3.8, 4) is 11.5 Å². The molecule has 3 N–H and O–H groups in total. The fourth-order valence-electron chi connectivity index (χ4n) is 1.99. The van der Waals surface area contributed by atoms with Gasteiger partial charge in [-0.1, -0.05) is 6.07 Å². The highest BCUT2D eigenvalue weighted by atomic mass is 16.5. The van der Waals surface area contributed by atoms with E-state index in [1.165, 1.54) is 6.26 Å². The molecule has 0 unspecified atom stereocenters. The molecule has 0 aliphatic heterocycles. The van der Waals surface area contributed by atoms with Gasteiger partial charge in [-0.2, -0.15) is 0 Å². The van der Waals surface area contributed by atoms with E-state index in [1.54, 1.807) is 13.2 Å². The normalized spacial score (nSPS) is 10.3. The van der Waals surface area contributed by atoms with Crippen LogP contribution in [0.15, 0.2) is 34.9 Å². The second-order valence-corrected chi connectivity index (χ2v) is 4.61. The predicted octanol–water partition coefficient (Wildman–Crippen LogP) is 2.08. The zero-order valence-electron chi connectivity index (χ0n) is 12.7.